The van der Waals surface area contributed by atoms with E-state index in [0.29, 0.717) is 6.54 Å². The van der Waals surface area contributed by atoms with Crippen molar-refractivity contribution in [1.29, 1.82) is 0 Å². The van der Waals surface area contributed by atoms with Gasteiger partial charge < -0.3 is 10.2 Å². The molecule has 0 bridgehead atoms. The van der Waals surface area contributed by atoms with Gasteiger partial charge in [0.15, 0.2) is 0 Å². The number of likely N-dealkylation sites (N-methyl/N-ethyl adjacent to an activating group) is 1. The van der Waals surface area contributed by atoms with Crippen LogP contribution in [0.5, 0.6) is 0 Å². The van der Waals surface area contributed by atoms with Gasteiger partial charge in [-0.2, -0.15) is 0 Å². The number of rotatable bonds is 5. The number of nitrogens with zero attached hydrogens (tertiary/aromatic N) is 2. The van der Waals surface area contributed by atoms with E-state index in [2.05, 4.69) is 5.32 Å². The normalized spacial score (nSPS) is 11.8. The Morgan fingerprint density at radius 3 is 2.74 bits per heavy atom. The Kier molecular flexibility index (Phi) is 5.11. The number of halogens is 1. The third kappa shape index (κ3) is 3.82. The number of nitro groups is 1. The highest BCUT2D eigenvalue weighted by Gasteiger charge is 2.21. The molecule has 0 aromatic heterocycles. The topological polar surface area (TPSA) is 75.5 Å². The monoisotopic (exact) mass is 285 g/mol. The highest BCUT2D eigenvalue weighted by Crippen LogP contribution is 2.28. The maximum atomic E-state index is 11.9. The fraction of sp³-hybridized carbons (Fsp3) is 0.417. The van der Waals surface area contributed by atoms with Crippen molar-refractivity contribution in [2.45, 2.75) is 19.9 Å². The molecule has 0 aliphatic heterocycles. The van der Waals surface area contributed by atoms with Crippen molar-refractivity contribution >= 4 is 28.9 Å². The molecule has 0 saturated heterocycles. The molecule has 1 atom stereocenters. The molecule has 0 aliphatic carbocycles. The lowest BCUT2D eigenvalue weighted by Crippen LogP contribution is -2.38. The summed E-state index contributed by atoms with van der Waals surface area (Å²) in [6.45, 7) is 4.09. The Balaban J connectivity index is 2.93. The van der Waals surface area contributed by atoms with Crippen LogP contribution in [0.25, 0.3) is 0 Å². The standard InChI is InChI=1S/C12H16ClN3O3/c1-4-15(3)12(17)8(2)14-10-6-5-9(13)7-11(10)16(18)19/h5-8,14H,4H2,1-3H3. The first-order valence-corrected chi connectivity index (χ1v) is 6.20. The number of carbonyl (C=O) groups excluding carboxylic acids is 1. The van der Waals surface area contributed by atoms with Gasteiger partial charge in [0.05, 0.1) is 4.92 Å². The minimum absolute atomic E-state index is 0.133. The number of nitrogens with one attached hydrogen (secondary N) is 1. The molecule has 0 aliphatic rings. The first kappa shape index (κ1) is 15.2. The smallest absolute Gasteiger partial charge is 0.293 e. The Morgan fingerprint density at radius 1 is 1.58 bits per heavy atom. The van der Waals surface area contributed by atoms with E-state index in [-0.39, 0.29) is 22.3 Å². The molecule has 0 saturated carbocycles. The molecule has 1 aromatic rings. The van der Waals surface area contributed by atoms with Crippen LogP contribution < -0.4 is 5.32 Å². The molecule has 1 N–H and O–H groups in total. The first-order chi connectivity index (χ1) is 8.86. The van der Waals surface area contributed by atoms with E-state index in [1.165, 1.54) is 18.2 Å². The van der Waals surface area contributed by atoms with Crippen LogP contribution in [0.2, 0.25) is 5.02 Å². The fourth-order valence-corrected chi connectivity index (χ4v) is 1.73. The lowest BCUT2D eigenvalue weighted by Gasteiger charge is -2.21. The molecule has 7 heteroatoms. The van der Waals surface area contributed by atoms with Crippen molar-refractivity contribution in [3.8, 4) is 0 Å². The third-order valence-electron chi connectivity index (χ3n) is 2.75. The Labute approximate surface area is 116 Å². The van der Waals surface area contributed by atoms with Crippen molar-refractivity contribution in [2.24, 2.45) is 0 Å². The zero-order chi connectivity index (χ0) is 14.6. The van der Waals surface area contributed by atoms with Gasteiger partial charge >= 0.3 is 0 Å². The van der Waals surface area contributed by atoms with Crippen LogP contribution >= 0.6 is 11.6 Å². The van der Waals surface area contributed by atoms with Crippen molar-refractivity contribution in [3.63, 3.8) is 0 Å². The minimum Gasteiger partial charge on any atom is -0.368 e. The second-order valence-electron chi connectivity index (χ2n) is 4.14. The summed E-state index contributed by atoms with van der Waals surface area (Å²) in [4.78, 5) is 23.8. The Bertz CT molecular complexity index is 493. The van der Waals surface area contributed by atoms with E-state index >= 15 is 0 Å². The van der Waals surface area contributed by atoms with E-state index in [0.717, 1.165) is 0 Å². The summed E-state index contributed by atoms with van der Waals surface area (Å²) in [5, 5.41) is 14.0. The predicted molar refractivity (Wildman–Crippen MR) is 74.5 cm³/mol. The van der Waals surface area contributed by atoms with E-state index < -0.39 is 11.0 Å². The summed E-state index contributed by atoms with van der Waals surface area (Å²) < 4.78 is 0. The number of hydrogen-bond acceptors (Lipinski definition) is 4. The molecule has 1 unspecified atom stereocenters. The highest BCUT2D eigenvalue weighted by molar-refractivity contribution is 6.30. The molecule has 0 heterocycles. The predicted octanol–water partition coefficient (Wildman–Crippen LogP) is 2.53. The van der Waals surface area contributed by atoms with E-state index in [4.69, 9.17) is 11.6 Å². The molecular formula is C12H16ClN3O3. The molecule has 104 valence electrons. The Hall–Kier alpha value is -1.82. The summed E-state index contributed by atoms with van der Waals surface area (Å²) >= 11 is 5.73. The van der Waals surface area contributed by atoms with Crippen LogP contribution in [0.3, 0.4) is 0 Å². The van der Waals surface area contributed by atoms with Gasteiger partial charge in [-0.05, 0) is 26.0 Å². The van der Waals surface area contributed by atoms with Gasteiger partial charge in [-0.25, -0.2) is 0 Å². The highest BCUT2D eigenvalue weighted by atomic mass is 35.5. The van der Waals surface area contributed by atoms with Gasteiger partial charge in [-0.15, -0.1) is 0 Å². The number of hydrogen-bond donors (Lipinski definition) is 1. The number of anilines is 1. The average molecular weight is 286 g/mol. The number of benzene rings is 1. The van der Waals surface area contributed by atoms with E-state index in [1.807, 2.05) is 6.92 Å². The number of carbonyl (C=O) groups is 1. The van der Waals surface area contributed by atoms with Crippen LogP contribution in [-0.2, 0) is 4.79 Å². The van der Waals surface area contributed by atoms with Gasteiger partial charge in [0.1, 0.15) is 11.7 Å². The van der Waals surface area contributed by atoms with Crippen LogP contribution in [-0.4, -0.2) is 35.4 Å². The lowest BCUT2D eigenvalue weighted by atomic mass is 10.2. The van der Waals surface area contributed by atoms with Gasteiger partial charge in [0.25, 0.3) is 5.69 Å². The van der Waals surface area contributed by atoms with Crippen LogP contribution in [0, 0.1) is 10.1 Å². The molecule has 6 nitrogen and oxygen atoms in total. The van der Waals surface area contributed by atoms with Gasteiger partial charge in [0.2, 0.25) is 5.91 Å². The summed E-state index contributed by atoms with van der Waals surface area (Å²) in [5.41, 5.74) is 0.131. The van der Waals surface area contributed by atoms with Crippen LogP contribution in [0.4, 0.5) is 11.4 Å². The maximum absolute atomic E-state index is 11.9. The number of amides is 1. The largest absolute Gasteiger partial charge is 0.368 e. The van der Waals surface area contributed by atoms with Gasteiger partial charge in [-0.1, -0.05) is 11.6 Å². The SMILES string of the molecule is CCN(C)C(=O)C(C)Nc1ccc(Cl)cc1[N+](=O)[O-]. The lowest BCUT2D eigenvalue weighted by molar-refractivity contribution is -0.384. The molecular weight excluding hydrogens is 270 g/mol. The summed E-state index contributed by atoms with van der Waals surface area (Å²) in [5.74, 6) is -0.133. The molecule has 1 aromatic carbocycles. The zero-order valence-corrected chi connectivity index (χ0v) is 11.8. The van der Waals surface area contributed by atoms with Gasteiger partial charge in [-0.3, -0.25) is 14.9 Å². The van der Waals surface area contributed by atoms with Crippen LogP contribution in [0.1, 0.15) is 13.8 Å². The third-order valence-corrected chi connectivity index (χ3v) is 2.98. The first-order valence-electron chi connectivity index (χ1n) is 5.82. The number of nitro benzene ring substituents is 1. The van der Waals surface area contributed by atoms with Crippen molar-refractivity contribution in [3.05, 3.63) is 33.3 Å². The summed E-state index contributed by atoms with van der Waals surface area (Å²) in [6.07, 6.45) is 0. The second-order valence-corrected chi connectivity index (χ2v) is 4.57. The molecule has 19 heavy (non-hydrogen) atoms. The fourth-order valence-electron chi connectivity index (χ4n) is 1.56. The molecule has 0 fully saturated rings. The molecule has 1 amide bonds. The van der Waals surface area contributed by atoms with E-state index in [1.54, 1.807) is 18.9 Å². The van der Waals surface area contributed by atoms with E-state index in [9.17, 15) is 14.9 Å². The minimum atomic E-state index is -0.551. The summed E-state index contributed by atoms with van der Waals surface area (Å²) in [7, 11) is 1.68. The van der Waals surface area contributed by atoms with Gasteiger partial charge in [0, 0.05) is 24.7 Å². The zero-order valence-electron chi connectivity index (χ0n) is 11.0. The molecule has 1 rings (SSSR count). The second kappa shape index (κ2) is 6.38. The maximum Gasteiger partial charge on any atom is 0.293 e. The Morgan fingerprint density at radius 2 is 2.21 bits per heavy atom. The average Bonchev–Trinajstić information content (AvgIpc) is 2.38. The molecule has 0 spiro atoms. The quantitative estimate of drug-likeness (QED) is 0.666. The molecule has 0 radical (unpaired) electrons. The van der Waals surface area contributed by atoms with Crippen molar-refractivity contribution in [2.75, 3.05) is 18.9 Å². The van der Waals surface area contributed by atoms with Crippen LogP contribution in [0.15, 0.2) is 18.2 Å². The summed E-state index contributed by atoms with van der Waals surface area (Å²) in [6, 6.07) is 3.74. The van der Waals surface area contributed by atoms with Crippen molar-refractivity contribution in [1.82, 2.24) is 4.90 Å². The van der Waals surface area contributed by atoms with Crippen molar-refractivity contribution < 1.29 is 9.72 Å².